The van der Waals surface area contributed by atoms with Gasteiger partial charge < -0.3 is 14.8 Å². The van der Waals surface area contributed by atoms with E-state index in [1.807, 2.05) is 6.07 Å². The van der Waals surface area contributed by atoms with E-state index in [-0.39, 0.29) is 18.4 Å². The standard InChI is InChI=1S/C17H25ClN2O3.ClH/c1-2-3-6-19-14-4-5-15(16(18)13-14)17(21)23-12-9-20-7-10-22-11-8-20;/h4-5,13,19H,2-3,6-12H2,1H3;1H. The first-order valence-electron chi connectivity index (χ1n) is 8.21. The lowest BCUT2D eigenvalue weighted by molar-refractivity contribution is 0.0195. The van der Waals surface area contributed by atoms with Gasteiger partial charge in [-0.05, 0) is 24.6 Å². The molecule has 0 saturated carbocycles. The molecule has 24 heavy (non-hydrogen) atoms. The Hall–Kier alpha value is -1.01. The van der Waals surface area contributed by atoms with Gasteiger partial charge in [-0.3, -0.25) is 4.90 Å². The van der Waals surface area contributed by atoms with Gasteiger partial charge in [0, 0.05) is 31.9 Å². The zero-order valence-electron chi connectivity index (χ0n) is 14.1. The number of carbonyl (C=O) groups excluding carboxylic acids is 1. The number of anilines is 1. The number of nitrogens with zero attached hydrogens (tertiary/aromatic N) is 1. The molecule has 1 N–H and O–H groups in total. The molecular weight excluding hydrogens is 351 g/mol. The van der Waals surface area contributed by atoms with Crippen molar-refractivity contribution in [2.75, 3.05) is 51.3 Å². The highest BCUT2D eigenvalue weighted by molar-refractivity contribution is 6.33. The van der Waals surface area contributed by atoms with Crippen molar-refractivity contribution in [1.82, 2.24) is 4.90 Å². The Morgan fingerprint density at radius 3 is 2.79 bits per heavy atom. The predicted molar refractivity (Wildman–Crippen MR) is 99.6 cm³/mol. The molecule has 1 heterocycles. The van der Waals surface area contributed by atoms with Crippen molar-refractivity contribution in [3.8, 4) is 0 Å². The van der Waals surface area contributed by atoms with E-state index >= 15 is 0 Å². The molecule has 136 valence electrons. The van der Waals surface area contributed by atoms with E-state index in [1.54, 1.807) is 12.1 Å². The fraction of sp³-hybridized carbons (Fsp3) is 0.588. The van der Waals surface area contributed by atoms with Crippen LogP contribution in [0, 0.1) is 0 Å². The van der Waals surface area contributed by atoms with Gasteiger partial charge in [-0.1, -0.05) is 24.9 Å². The van der Waals surface area contributed by atoms with Gasteiger partial charge in [0.05, 0.1) is 23.8 Å². The molecule has 0 atom stereocenters. The predicted octanol–water partition coefficient (Wildman–Crippen LogP) is 3.46. The molecule has 1 aliphatic rings. The number of morpholine rings is 1. The Morgan fingerprint density at radius 1 is 1.38 bits per heavy atom. The maximum Gasteiger partial charge on any atom is 0.339 e. The van der Waals surface area contributed by atoms with Crippen molar-refractivity contribution in [1.29, 1.82) is 0 Å². The third-order valence-corrected chi connectivity index (χ3v) is 4.11. The summed E-state index contributed by atoms with van der Waals surface area (Å²) in [6.45, 7) is 7.39. The highest BCUT2D eigenvalue weighted by atomic mass is 35.5. The third kappa shape index (κ3) is 6.85. The number of nitrogens with one attached hydrogen (secondary N) is 1. The second-order valence-electron chi connectivity index (χ2n) is 5.56. The molecule has 0 aromatic heterocycles. The number of hydrogen-bond donors (Lipinski definition) is 1. The summed E-state index contributed by atoms with van der Waals surface area (Å²) in [5, 5.41) is 3.70. The molecule has 1 fully saturated rings. The SMILES string of the molecule is CCCCNc1ccc(C(=O)OCCN2CCOCC2)c(Cl)c1.Cl. The molecule has 0 amide bonds. The highest BCUT2D eigenvalue weighted by Gasteiger charge is 2.14. The summed E-state index contributed by atoms with van der Waals surface area (Å²) in [6.07, 6.45) is 2.23. The fourth-order valence-electron chi connectivity index (χ4n) is 2.37. The Kier molecular flexibility index (Phi) is 10.1. The summed E-state index contributed by atoms with van der Waals surface area (Å²) in [4.78, 5) is 14.3. The van der Waals surface area contributed by atoms with Crippen LogP contribution in [-0.4, -0.2) is 56.9 Å². The molecule has 1 aliphatic heterocycles. The van der Waals surface area contributed by atoms with Crippen LogP contribution in [-0.2, 0) is 9.47 Å². The van der Waals surface area contributed by atoms with Crippen LogP contribution in [0.3, 0.4) is 0 Å². The number of ether oxygens (including phenoxy) is 2. The summed E-state index contributed by atoms with van der Waals surface area (Å²) in [7, 11) is 0. The van der Waals surface area contributed by atoms with Gasteiger partial charge in [0.15, 0.2) is 0 Å². The summed E-state index contributed by atoms with van der Waals surface area (Å²) < 4.78 is 10.6. The van der Waals surface area contributed by atoms with Crippen LogP contribution in [0.5, 0.6) is 0 Å². The Morgan fingerprint density at radius 2 is 2.12 bits per heavy atom. The third-order valence-electron chi connectivity index (χ3n) is 3.79. The molecule has 0 aliphatic carbocycles. The number of benzene rings is 1. The minimum Gasteiger partial charge on any atom is -0.461 e. The van der Waals surface area contributed by atoms with Gasteiger partial charge in [0.1, 0.15) is 6.61 Å². The molecule has 0 unspecified atom stereocenters. The minimum absolute atomic E-state index is 0. The highest BCUT2D eigenvalue weighted by Crippen LogP contribution is 2.22. The van der Waals surface area contributed by atoms with Crippen LogP contribution in [0.2, 0.25) is 5.02 Å². The molecule has 1 aromatic rings. The molecule has 0 radical (unpaired) electrons. The lowest BCUT2D eigenvalue weighted by Gasteiger charge is -2.26. The van der Waals surface area contributed by atoms with E-state index < -0.39 is 0 Å². The average molecular weight is 377 g/mol. The zero-order chi connectivity index (χ0) is 16.5. The molecule has 5 nitrogen and oxygen atoms in total. The van der Waals surface area contributed by atoms with E-state index in [0.29, 0.717) is 17.2 Å². The number of unbranched alkanes of at least 4 members (excludes halogenated alkanes) is 1. The van der Waals surface area contributed by atoms with Gasteiger partial charge in [0.25, 0.3) is 0 Å². The van der Waals surface area contributed by atoms with Gasteiger partial charge in [-0.2, -0.15) is 0 Å². The summed E-state index contributed by atoms with van der Waals surface area (Å²) in [6, 6.07) is 5.35. The van der Waals surface area contributed by atoms with Crippen LogP contribution in [0.4, 0.5) is 5.69 Å². The summed E-state index contributed by atoms with van der Waals surface area (Å²) in [5.74, 6) is -0.372. The first kappa shape index (κ1) is 21.0. The number of carbonyl (C=O) groups is 1. The molecule has 0 spiro atoms. The van der Waals surface area contributed by atoms with Crippen molar-refractivity contribution in [2.24, 2.45) is 0 Å². The van der Waals surface area contributed by atoms with E-state index in [4.69, 9.17) is 21.1 Å². The van der Waals surface area contributed by atoms with Gasteiger partial charge in [0.2, 0.25) is 0 Å². The first-order valence-corrected chi connectivity index (χ1v) is 8.59. The van der Waals surface area contributed by atoms with E-state index in [9.17, 15) is 4.79 Å². The first-order chi connectivity index (χ1) is 11.2. The smallest absolute Gasteiger partial charge is 0.339 e. The average Bonchev–Trinajstić information content (AvgIpc) is 2.56. The number of halogens is 2. The minimum atomic E-state index is -0.372. The molecule has 1 saturated heterocycles. The topological polar surface area (TPSA) is 50.8 Å². The second kappa shape index (κ2) is 11.5. The van der Waals surface area contributed by atoms with Crippen molar-refractivity contribution < 1.29 is 14.3 Å². The lowest BCUT2D eigenvalue weighted by atomic mass is 10.2. The molecular formula is C17H26Cl2N2O3. The molecule has 2 rings (SSSR count). The fourth-order valence-corrected chi connectivity index (χ4v) is 2.63. The summed E-state index contributed by atoms with van der Waals surface area (Å²) >= 11 is 6.20. The van der Waals surface area contributed by atoms with Crippen LogP contribution >= 0.6 is 24.0 Å². The van der Waals surface area contributed by atoms with Crippen LogP contribution in [0.15, 0.2) is 18.2 Å². The van der Waals surface area contributed by atoms with Gasteiger partial charge >= 0.3 is 5.97 Å². The normalized spacial score (nSPS) is 14.8. The van der Waals surface area contributed by atoms with E-state index in [1.165, 1.54) is 0 Å². The van der Waals surface area contributed by atoms with Gasteiger partial charge in [-0.15, -0.1) is 12.4 Å². The maximum atomic E-state index is 12.1. The molecule has 7 heteroatoms. The molecule has 0 bridgehead atoms. The van der Waals surface area contributed by atoms with Crippen molar-refractivity contribution in [3.63, 3.8) is 0 Å². The van der Waals surface area contributed by atoms with Crippen molar-refractivity contribution in [3.05, 3.63) is 28.8 Å². The van der Waals surface area contributed by atoms with Gasteiger partial charge in [-0.25, -0.2) is 4.79 Å². The van der Waals surface area contributed by atoms with Crippen molar-refractivity contribution in [2.45, 2.75) is 19.8 Å². The quantitative estimate of drug-likeness (QED) is 0.556. The largest absolute Gasteiger partial charge is 0.461 e. The number of rotatable bonds is 8. The van der Waals surface area contributed by atoms with Crippen molar-refractivity contribution >= 4 is 35.7 Å². The van der Waals surface area contributed by atoms with E-state index in [2.05, 4.69) is 17.1 Å². The Bertz CT molecular complexity index is 509. The monoisotopic (exact) mass is 376 g/mol. The maximum absolute atomic E-state index is 12.1. The van der Waals surface area contributed by atoms with E-state index in [0.717, 1.165) is 57.9 Å². The van der Waals surface area contributed by atoms with Crippen LogP contribution in [0.1, 0.15) is 30.1 Å². The Balaban J connectivity index is 0.00000288. The number of hydrogen-bond acceptors (Lipinski definition) is 5. The lowest BCUT2D eigenvalue weighted by Crippen LogP contribution is -2.38. The zero-order valence-corrected chi connectivity index (χ0v) is 15.6. The van der Waals surface area contributed by atoms with Crippen LogP contribution in [0.25, 0.3) is 0 Å². The molecule has 1 aromatic carbocycles. The summed E-state index contributed by atoms with van der Waals surface area (Å²) in [5.41, 5.74) is 1.34. The second-order valence-corrected chi connectivity index (χ2v) is 5.97. The van der Waals surface area contributed by atoms with Crippen LogP contribution < -0.4 is 5.32 Å². The Labute approximate surface area is 155 Å². The number of esters is 1.